The summed E-state index contributed by atoms with van der Waals surface area (Å²) in [6.07, 6.45) is 8.67. The molecule has 0 bridgehead atoms. The second kappa shape index (κ2) is 18.3. The maximum Gasteiger partial charge on any atom is 0.407 e. The van der Waals surface area contributed by atoms with Crippen LogP contribution in [0.1, 0.15) is 112 Å². The fraction of sp³-hybridized carbons (Fsp3) is 0.600. The fourth-order valence-corrected chi connectivity index (χ4v) is 8.44. The molecule has 16 heteroatoms. The first kappa shape index (κ1) is 40.7. The van der Waals surface area contributed by atoms with Gasteiger partial charge >= 0.3 is 12.2 Å². The van der Waals surface area contributed by atoms with Crippen molar-refractivity contribution < 1.29 is 38.1 Å². The number of rotatable bonds is 13. The van der Waals surface area contributed by atoms with E-state index in [0.29, 0.717) is 30.7 Å². The van der Waals surface area contributed by atoms with Gasteiger partial charge in [0.25, 0.3) is 0 Å². The molecule has 1 aliphatic carbocycles. The lowest BCUT2D eigenvalue weighted by atomic mass is 9.77. The molecule has 2 aromatic heterocycles. The van der Waals surface area contributed by atoms with Gasteiger partial charge < -0.3 is 49.3 Å². The van der Waals surface area contributed by atoms with Crippen molar-refractivity contribution >= 4 is 24.0 Å². The molecule has 16 nitrogen and oxygen atoms in total. The van der Waals surface area contributed by atoms with Crippen molar-refractivity contribution in [3.05, 3.63) is 59.6 Å². The van der Waals surface area contributed by atoms with Gasteiger partial charge in [-0.05, 0) is 82.3 Å². The molecule has 0 radical (unpaired) electrons. The Bertz CT molecular complexity index is 1800. The van der Waals surface area contributed by atoms with Crippen LogP contribution in [-0.2, 0) is 28.5 Å². The highest BCUT2D eigenvalue weighted by molar-refractivity contribution is 5.87. The average Bonchev–Trinajstić information content (AvgIpc) is 4.08. The van der Waals surface area contributed by atoms with Gasteiger partial charge in [-0.15, -0.1) is 0 Å². The largest absolute Gasteiger partial charge is 0.453 e. The van der Waals surface area contributed by atoms with E-state index in [9.17, 15) is 19.2 Å². The molecule has 0 spiro atoms. The minimum atomic E-state index is -0.884. The third-order valence-electron chi connectivity index (χ3n) is 11.9. The summed E-state index contributed by atoms with van der Waals surface area (Å²) in [5.74, 6) is 1.85. The Kier molecular flexibility index (Phi) is 13.3. The third-order valence-corrected chi connectivity index (χ3v) is 11.9. The number of aromatic amines is 2. The Morgan fingerprint density at radius 2 is 1.16 bits per heavy atom. The quantitative estimate of drug-likeness (QED) is 0.182. The molecule has 4 N–H and O–H groups in total. The van der Waals surface area contributed by atoms with Crippen molar-refractivity contribution in [2.45, 2.75) is 113 Å². The number of nitrogens with zero attached hydrogens (tertiary/aromatic N) is 4. The first-order chi connectivity index (χ1) is 27.1. The van der Waals surface area contributed by atoms with E-state index in [0.717, 1.165) is 74.1 Å². The van der Waals surface area contributed by atoms with Crippen LogP contribution in [-0.4, -0.2) is 120 Å². The van der Waals surface area contributed by atoms with Crippen molar-refractivity contribution in [3.8, 4) is 11.3 Å². The summed E-state index contributed by atoms with van der Waals surface area (Å²) in [5, 5.41) is 5.27. The summed E-state index contributed by atoms with van der Waals surface area (Å²) < 4.78 is 20.3. The molecule has 304 valence electrons. The molecule has 4 heterocycles. The van der Waals surface area contributed by atoms with Crippen LogP contribution < -0.4 is 10.6 Å². The molecular formula is C40H56N8O8. The van der Waals surface area contributed by atoms with Gasteiger partial charge in [0.05, 0.1) is 50.4 Å². The van der Waals surface area contributed by atoms with Gasteiger partial charge in [-0.3, -0.25) is 9.59 Å². The monoisotopic (exact) mass is 776 g/mol. The lowest BCUT2D eigenvalue weighted by Gasteiger charge is -2.30. The average molecular weight is 777 g/mol. The molecule has 2 saturated heterocycles. The van der Waals surface area contributed by atoms with Gasteiger partial charge in [0.1, 0.15) is 23.7 Å². The Hall–Kier alpha value is -4.96. The van der Waals surface area contributed by atoms with E-state index in [1.165, 1.54) is 34.0 Å². The van der Waals surface area contributed by atoms with Gasteiger partial charge in [0, 0.05) is 45.1 Å². The Labute approximate surface area is 327 Å². The van der Waals surface area contributed by atoms with Gasteiger partial charge in [-0.25, -0.2) is 19.6 Å². The van der Waals surface area contributed by atoms with Gasteiger partial charge in [0.15, 0.2) is 0 Å². The van der Waals surface area contributed by atoms with E-state index in [1.807, 2.05) is 12.4 Å². The number of amides is 4. The molecule has 2 aliphatic heterocycles. The number of imidazole rings is 2. The minimum absolute atomic E-state index is 0.199. The molecule has 1 saturated carbocycles. The summed E-state index contributed by atoms with van der Waals surface area (Å²) in [4.78, 5) is 71.3. The van der Waals surface area contributed by atoms with Crippen molar-refractivity contribution in [3.63, 3.8) is 0 Å². The lowest BCUT2D eigenvalue weighted by molar-refractivity contribution is -0.138. The Balaban J connectivity index is 1.05. The fourth-order valence-electron chi connectivity index (χ4n) is 8.44. The predicted octanol–water partition coefficient (Wildman–Crippen LogP) is 5.09. The van der Waals surface area contributed by atoms with Crippen LogP contribution in [0.5, 0.6) is 0 Å². The highest BCUT2D eigenvalue weighted by Gasteiger charge is 2.40. The zero-order chi connectivity index (χ0) is 39.9. The highest BCUT2D eigenvalue weighted by Crippen LogP contribution is 2.41. The smallest absolute Gasteiger partial charge is 0.407 e. The van der Waals surface area contributed by atoms with Crippen LogP contribution in [0, 0.1) is 0 Å². The third kappa shape index (κ3) is 8.86. The highest BCUT2D eigenvalue weighted by atomic mass is 16.5. The van der Waals surface area contributed by atoms with E-state index >= 15 is 0 Å². The van der Waals surface area contributed by atoms with Gasteiger partial charge in [-0.2, -0.15) is 0 Å². The van der Waals surface area contributed by atoms with E-state index in [1.54, 1.807) is 23.6 Å². The Morgan fingerprint density at radius 1 is 0.679 bits per heavy atom. The minimum Gasteiger partial charge on any atom is -0.453 e. The molecule has 6 rings (SSSR count). The summed E-state index contributed by atoms with van der Waals surface area (Å²) in [5.41, 5.74) is 4.30. The van der Waals surface area contributed by atoms with E-state index < -0.39 is 36.5 Å². The van der Waals surface area contributed by atoms with Crippen LogP contribution >= 0.6 is 0 Å². The number of likely N-dealkylation sites (tertiary alicyclic amines) is 2. The summed E-state index contributed by atoms with van der Waals surface area (Å²) in [6.45, 7) is 4.63. The zero-order valence-electron chi connectivity index (χ0n) is 33.2. The molecular weight excluding hydrogens is 720 g/mol. The van der Waals surface area contributed by atoms with Crippen molar-refractivity contribution in [2.24, 2.45) is 0 Å². The topological polar surface area (TPSA) is 193 Å². The molecule has 3 aromatic rings. The van der Waals surface area contributed by atoms with Crippen LogP contribution in [0.2, 0.25) is 0 Å². The van der Waals surface area contributed by atoms with Crippen molar-refractivity contribution in [1.82, 2.24) is 40.4 Å². The molecule has 1 aromatic carbocycles. The second-order valence-electron chi connectivity index (χ2n) is 15.1. The first-order valence-corrected chi connectivity index (χ1v) is 19.6. The number of methoxy groups -OCH3 is 4. The molecule has 56 heavy (non-hydrogen) atoms. The number of benzene rings is 1. The maximum absolute atomic E-state index is 13.6. The summed E-state index contributed by atoms with van der Waals surface area (Å²) >= 11 is 0. The van der Waals surface area contributed by atoms with E-state index in [4.69, 9.17) is 23.9 Å². The molecule has 6 atom stereocenters. The number of carbonyl (C=O) groups excluding carboxylic acids is 4. The standard InChI is InChI=1S/C40H56N8O8/c1-23(53-3)33(45-39(51)55-5)37(49)47-19-7-9-31(47)35-41-21-29(43-35)27-15-11-25(12-16-27)26-13-17-28(18-14-26)30-22-42-36(44-30)32-10-8-20-48(32)38(50)34(24(2)54-4)46-40(52)56-6/h11-12,15-16,21-24,26,28,31-34H,7-10,13-14,17-20H2,1-6H3,(H,41,43)(H,42,44)(H,45,51)(H,46,52)/t23-,24-,26?,28?,31+,32+,33+,34+/m1/s1. The number of hydrogen-bond donors (Lipinski definition) is 4. The van der Waals surface area contributed by atoms with Crippen LogP contribution in [0.4, 0.5) is 9.59 Å². The number of carbonyl (C=O) groups is 4. The number of H-pyrrole nitrogens is 2. The molecule has 0 unspecified atom stereocenters. The number of ether oxygens (including phenoxy) is 4. The van der Waals surface area contributed by atoms with E-state index in [2.05, 4.69) is 49.9 Å². The summed E-state index contributed by atoms with van der Waals surface area (Å²) in [7, 11) is 5.55. The van der Waals surface area contributed by atoms with Crippen LogP contribution in [0.15, 0.2) is 36.7 Å². The Morgan fingerprint density at radius 3 is 1.66 bits per heavy atom. The second-order valence-corrected chi connectivity index (χ2v) is 15.1. The lowest BCUT2D eigenvalue weighted by Crippen LogP contribution is -2.54. The predicted molar refractivity (Wildman–Crippen MR) is 206 cm³/mol. The molecule has 3 fully saturated rings. The number of aromatic nitrogens is 4. The maximum atomic E-state index is 13.6. The molecule has 4 amide bonds. The SMILES string of the molecule is COC(=O)N[C@H](C(=O)N1CCC[C@H]1c1ncc(-c2ccc(C3CCC(c4cnc([C@@H]5CCCN5C(=O)[C@@H](NC(=O)OC)[C@@H](C)OC)[nH]4)CC3)cc2)[nH]1)[C@@H](C)OC. The van der Waals surface area contributed by atoms with Crippen LogP contribution in [0.25, 0.3) is 11.3 Å². The van der Waals surface area contributed by atoms with Crippen molar-refractivity contribution in [2.75, 3.05) is 41.5 Å². The molecule has 3 aliphatic rings. The normalized spacial score (nSPS) is 23.2. The van der Waals surface area contributed by atoms with Gasteiger partial charge in [0.2, 0.25) is 11.8 Å². The number of alkyl carbamates (subject to hydrolysis) is 2. The zero-order valence-corrected chi connectivity index (χ0v) is 33.2. The van der Waals surface area contributed by atoms with Gasteiger partial charge in [-0.1, -0.05) is 24.3 Å². The first-order valence-electron chi connectivity index (χ1n) is 19.6. The van der Waals surface area contributed by atoms with Crippen LogP contribution in [0.3, 0.4) is 0 Å². The summed E-state index contributed by atoms with van der Waals surface area (Å²) in [6, 6.07) is 6.46. The number of hydrogen-bond acceptors (Lipinski definition) is 10. The van der Waals surface area contributed by atoms with E-state index in [-0.39, 0.29) is 23.9 Å². The number of nitrogens with one attached hydrogen (secondary N) is 4. The van der Waals surface area contributed by atoms with Crippen molar-refractivity contribution in [1.29, 1.82) is 0 Å².